The van der Waals surface area contributed by atoms with Crippen LogP contribution in [0.5, 0.6) is 5.75 Å². The largest absolute Gasteiger partial charge is 0.494 e. The van der Waals surface area contributed by atoms with Crippen molar-refractivity contribution in [3.8, 4) is 17.0 Å². The van der Waals surface area contributed by atoms with Crippen molar-refractivity contribution >= 4 is 17.2 Å². The van der Waals surface area contributed by atoms with Crippen LogP contribution in [0.15, 0.2) is 59.4 Å². The Balaban J connectivity index is 1.56. The van der Waals surface area contributed by atoms with Crippen LogP contribution in [-0.2, 0) is 18.3 Å². The standard InChI is InChI=1S/C26H28N4O3/c1-5-33-20-12-10-19(11-13-20)27-24(31)15-14-22-18(3)29(4)25-16-23(28-30(25)26(22)32)21-9-7-6-8-17(21)2/h6-13,16H,5,14-15H2,1-4H3,(H,27,31). The van der Waals surface area contributed by atoms with E-state index in [9.17, 15) is 9.59 Å². The van der Waals surface area contributed by atoms with Gasteiger partial charge < -0.3 is 14.6 Å². The summed E-state index contributed by atoms with van der Waals surface area (Å²) in [6.45, 7) is 6.44. The van der Waals surface area contributed by atoms with Crippen molar-refractivity contribution in [2.45, 2.75) is 33.6 Å². The predicted octanol–water partition coefficient (Wildman–Crippen LogP) is 4.29. The molecule has 0 saturated carbocycles. The molecular weight excluding hydrogens is 416 g/mol. The lowest BCUT2D eigenvalue weighted by atomic mass is 10.1. The van der Waals surface area contributed by atoms with Crippen molar-refractivity contribution in [1.82, 2.24) is 14.2 Å². The van der Waals surface area contributed by atoms with Gasteiger partial charge in [-0.3, -0.25) is 9.59 Å². The Labute approximate surface area is 192 Å². The lowest BCUT2D eigenvalue weighted by Gasteiger charge is -2.12. The van der Waals surface area contributed by atoms with Gasteiger partial charge in [-0.2, -0.15) is 9.61 Å². The molecule has 7 heteroatoms. The number of hydrogen-bond donors (Lipinski definition) is 1. The highest BCUT2D eigenvalue weighted by Crippen LogP contribution is 2.23. The zero-order valence-corrected chi connectivity index (χ0v) is 19.4. The number of aryl methyl sites for hydroxylation is 2. The first-order valence-electron chi connectivity index (χ1n) is 11.1. The summed E-state index contributed by atoms with van der Waals surface area (Å²) in [6, 6.07) is 17.1. The summed E-state index contributed by atoms with van der Waals surface area (Å²) >= 11 is 0. The molecule has 2 aromatic carbocycles. The molecule has 0 aliphatic heterocycles. The normalized spacial score (nSPS) is 11.0. The van der Waals surface area contributed by atoms with Crippen LogP contribution in [0.1, 0.15) is 30.2 Å². The summed E-state index contributed by atoms with van der Waals surface area (Å²) in [4.78, 5) is 25.8. The number of fused-ring (bicyclic) bond motifs is 1. The topological polar surface area (TPSA) is 77.6 Å². The number of rotatable bonds is 7. The highest BCUT2D eigenvalue weighted by atomic mass is 16.5. The number of amides is 1. The molecule has 2 aromatic heterocycles. The fourth-order valence-corrected chi connectivity index (χ4v) is 3.96. The Morgan fingerprint density at radius 3 is 2.52 bits per heavy atom. The van der Waals surface area contributed by atoms with Crippen LogP contribution in [0, 0.1) is 13.8 Å². The van der Waals surface area contributed by atoms with Gasteiger partial charge >= 0.3 is 0 Å². The van der Waals surface area contributed by atoms with Gasteiger partial charge in [-0.25, -0.2) is 0 Å². The summed E-state index contributed by atoms with van der Waals surface area (Å²) in [5, 5.41) is 7.47. The Hall–Kier alpha value is -3.87. The van der Waals surface area contributed by atoms with Crippen LogP contribution in [0.3, 0.4) is 0 Å². The number of hydrogen-bond acceptors (Lipinski definition) is 4. The van der Waals surface area contributed by atoms with Crippen LogP contribution in [-0.4, -0.2) is 26.7 Å². The minimum absolute atomic E-state index is 0.151. The van der Waals surface area contributed by atoms with E-state index in [2.05, 4.69) is 10.4 Å². The molecule has 4 rings (SSSR count). The number of anilines is 1. The summed E-state index contributed by atoms with van der Waals surface area (Å²) < 4.78 is 8.82. The third kappa shape index (κ3) is 4.53. The molecule has 0 spiro atoms. The van der Waals surface area contributed by atoms with E-state index in [1.807, 2.05) is 74.9 Å². The van der Waals surface area contributed by atoms with Gasteiger partial charge in [0.1, 0.15) is 11.4 Å². The molecule has 170 valence electrons. The molecule has 0 atom stereocenters. The van der Waals surface area contributed by atoms with Gasteiger partial charge in [0.2, 0.25) is 5.91 Å². The molecule has 0 aliphatic rings. The van der Waals surface area contributed by atoms with E-state index in [0.717, 1.165) is 33.9 Å². The molecule has 0 saturated heterocycles. The molecule has 1 N–H and O–H groups in total. The number of nitrogens with zero attached hydrogens (tertiary/aromatic N) is 3. The number of carbonyl (C=O) groups excluding carboxylic acids is 1. The quantitative estimate of drug-likeness (QED) is 0.461. The molecule has 0 fully saturated rings. The minimum atomic E-state index is -0.186. The number of ether oxygens (including phenoxy) is 1. The lowest BCUT2D eigenvalue weighted by Crippen LogP contribution is -2.26. The Morgan fingerprint density at radius 1 is 1.09 bits per heavy atom. The van der Waals surface area contributed by atoms with Gasteiger partial charge in [0.05, 0.1) is 12.3 Å². The average Bonchev–Trinajstić information content (AvgIpc) is 3.25. The first kappa shape index (κ1) is 22.3. The SMILES string of the molecule is CCOc1ccc(NC(=O)CCc2c(C)n(C)c3cc(-c4ccccc4C)nn3c2=O)cc1. The van der Waals surface area contributed by atoms with Crippen molar-refractivity contribution in [2.24, 2.45) is 7.05 Å². The molecular formula is C26H28N4O3. The van der Waals surface area contributed by atoms with Crippen molar-refractivity contribution in [3.63, 3.8) is 0 Å². The van der Waals surface area contributed by atoms with Gasteiger partial charge in [0.15, 0.2) is 0 Å². The molecule has 7 nitrogen and oxygen atoms in total. The first-order valence-corrected chi connectivity index (χ1v) is 11.1. The van der Waals surface area contributed by atoms with Gasteiger partial charge in [0.25, 0.3) is 5.56 Å². The maximum Gasteiger partial charge on any atom is 0.277 e. The van der Waals surface area contributed by atoms with E-state index in [0.29, 0.717) is 24.3 Å². The Kier molecular flexibility index (Phi) is 6.31. The minimum Gasteiger partial charge on any atom is -0.494 e. The lowest BCUT2D eigenvalue weighted by molar-refractivity contribution is -0.116. The number of nitrogens with one attached hydrogen (secondary N) is 1. The molecule has 0 bridgehead atoms. The van der Waals surface area contributed by atoms with E-state index in [1.165, 1.54) is 4.52 Å². The smallest absolute Gasteiger partial charge is 0.277 e. The third-order valence-electron chi connectivity index (χ3n) is 5.90. The zero-order chi connectivity index (χ0) is 23.5. The Bertz CT molecular complexity index is 1370. The number of carbonyl (C=O) groups is 1. The van der Waals surface area contributed by atoms with E-state index in [-0.39, 0.29) is 17.9 Å². The van der Waals surface area contributed by atoms with Crippen LogP contribution in [0.25, 0.3) is 16.9 Å². The third-order valence-corrected chi connectivity index (χ3v) is 5.90. The van der Waals surface area contributed by atoms with Gasteiger partial charge in [-0.1, -0.05) is 24.3 Å². The monoisotopic (exact) mass is 444 g/mol. The average molecular weight is 445 g/mol. The summed E-state index contributed by atoms with van der Waals surface area (Å²) in [6.07, 6.45) is 0.525. The first-order chi connectivity index (χ1) is 15.9. The fourth-order valence-electron chi connectivity index (χ4n) is 3.96. The van der Waals surface area contributed by atoms with E-state index < -0.39 is 0 Å². The van der Waals surface area contributed by atoms with Crippen LogP contribution in [0.4, 0.5) is 5.69 Å². The molecule has 4 aromatic rings. The van der Waals surface area contributed by atoms with Crippen LogP contribution < -0.4 is 15.6 Å². The van der Waals surface area contributed by atoms with E-state index >= 15 is 0 Å². The second kappa shape index (κ2) is 9.32. The molecule has 0 unspecified atom stereocenters. The highest BCUT2D eigenvalue weighted by Gasteiger charge is 2.17. The Morgan fingerprint density at radius 2 is 1.82 bits per heavy atom. The number of aromatic nitrogens is 3. The zero-order valence-electron chi connectivity index (χ0n) is 19.4. The summed E-state index contributed by atoms with van der Waals surface area (Å²) in [7, 11) is 1.91. The maximum absolute atomic E-state index is 13.2. The van der Waals surface area contributed by atoms with Crippen molar-refractivity contribution in [1.29, 1.82) is 0 Å². The van der Waals surface area contributed by atoms with Gasteiger partial charge in [0, 0.05) is 42.0 Å². The second-order valence-electron chi connectivity index (χ2n) is 8.05. The van der Waals surface area contributed by atoms with Crippen molar-refractivity contribution in [2.75, 3.05) is 11.9 Å². The maximum atomic E-state index is 13.2. The van der Waals surface area contributed by atoms with Crippen LogP contribution in [0.2, 0.25) is 0 Å². The predicted molar refractivity (Wildman–Crippen MR) is 130 cm³/mol. The molecule has 1 amide bonds. The van der Waals surface area contributed by atoms with Gasteiger partial charge in [-0.15, -0.1) is 0 Å². The molecule has 0 aliphatic carbocycles. The second-order valence-corrected chi connectivity index (χ2v) is 8.05. The summed E-state index contributed by atoms with van der Waals surface area (Å²) in [5.74, 6) is 0.606. The van der Waals surface area contributed by atoms with Crippen molar-refractivity contribution in [3.05, 3.63) is 81.8 Å². The molecule has 0 radical (unpaired) electrons. The molecule has 33 heavy (non-hydrogen) atoms. The van der Waals surface area contributed by atoms with E-state index in [4.69, 9.17) is 4.74 Å². The summed E-state index contributed by atoms with van der Waals surface area (Å²) in [5.41, 5.74) is 5.49. The highest BCUT2D eigenvalue weighted by molar-refractivity contribution is 5.90. The number of benzene rings is 2. The van der Waals surface area contributed by atoms with E-state index in [1.54, 1.807) is 12.1 Å². The van der Waals surface area contributed by atoms with Gasteiger partial charge in [-0.05, 0) is 57.0 Å². The van der Waals surface area contributed by atoms with Crippen LogP contribution >= 0.6 is 0 Å². The van der Waals surface area contributed by atoms with Crippen molar-refractivity contribution < 1.29 is 9.53 Å². The fraction of sp³-hybridized carbons (Fsp3) is 0.269. The molecule has 2 heterocycles.